The van der Waals surface area contributed by atoms with Gasteiger partial charge in [-0.2, -0.15) is 0 Å². The van der Waals surface area contributed by atoms with Crippen molar-refractivity contribution in [2.75, 3.05) is 25.1 Å². The summed E-state index contributed by atoms with van der Waals surface area (Å²) in [5, 5.41) is 6.08. The summed E-state index contributed by atoms with van der Waals surface area (Å²) >= 11 is 3.33. The summed E-state index contributed by atoms with van der Waals surface area (Å²) in [4.78, 5) is 15.7. The first kappa shape index (κ1) is 12.5. The number of carbonyl (C=O) groups excluding carboxylic acids is 1. The SMILES string of the molecule is O=C(CC1COCCN1)Nc1ccncc1Br. The zero-order valence-corrected chi connectivity index (χ0v) is 10.9. The lowest BCUT2D eigenvalue weighted by Crippen LogP contribution is -2.43. The average molecular weight is 300 g/mol. The summed E-state index contributed by atoms with van der Waals surface area (Å²) in [6.07, 6.45) is 3.70. The first-order chi connectivity index (χ1) is 8.25. The van der Waals surface area contributed by atoms with Gasteiger partial charge in [0.1, 0.15) is 0 Å². The second kappa shape index (κ2) is 6.09. The number of rotatable bonds is 3. The smallest absolute Gasteiger partial charge is 0.226 e. The number of nitrogens with zero attached hydrogens (tertiary/aromatic N) is 1. The molecule has 2 heterocycles. The number of amides is 1. The van der Waals surface area contributed by atoms with Gasteiger partial charge in [0.25, 0.3) is 0 Å². The summed E-state index contributed by atoms with van der Waals surface area (Å²) in [7, 11) is 0. The molecule has 0 spiro atoms. The zero-order valence-electron chi connectivity index (χ0n) is 9.28. The van der Waals surface area contributed by atoms with E-state index in [1.165, 1.54) is 0 Å². The standard InChI is InChI=1S/C11H14BrN3O2/c12-9-6-13-2-1-10(9)15-11(16)5-8-7-17-4-3-14-8/h1-2,6,8,14H,3-5,7H2,(H,13,15,16). The lowest BCUT2D eigenvalue weighted by atomic mass is 10.2. The Kier molecular flexibility index (Phi) is 4.47. The molecule has 1 amide bonds. The fourth-order valence-corrected chi connectivity index (χ4v) is 2.00. The second-order valence-corrected chi connectivity index (χ2v) is 4.69. The van der Waals surface area contributed by atoms with Crippen molar-refractivity contribution in [2.24, 2.45) is 0 Å². The Morgan fingerprint density at radius 1 is 1.71 bits per heavy atom. The Hall–Kier alpha value is -0.980. The van der Waals surface area contributed by atoms with Gasteiger partial charge in [-0.1, -0.05) is 0 Å². The molecule has 1 saturated heterocycles. The molecule has 0 saturated carbocycles. The van der Waals surface area contributed by atoms with E-state index in [4.69, 9.17) is 4.74 Å². The maximum atomic E-state index is 11.8. The highest BCUT2D eigenvalue weighted by atomic mass is 79.9. The van der Waals surface area contributed by atoms with E-state index in [2.05, 4.69) is 31.5 Å². The minimum Gasteiger partial charge on any atom is -0.378 e. The van der Waals surface area contributed by atoms with Crippen LogP contribution in [0.1, 0.15) is 6.42 Å². The lowest BCUT2D eigenvalue weighted by Gasteiger charge is -2.23. The van der Waals surface area contributed by atoms with E-state index in [-0.39, 0.29) is 11.9 Å². The average Bonchev–Trinajstić information content (AvgIpc) is 2.33. The number of nitrogens with one attached hydrogen (secondary N) is 2. The van der Waals surface area contributed by atoms with Gasteiger partial charge in [-0.15, -0.1) is 0 Å². The Morgan fingerprint density at radius 2 is 2.59 bits per heavy atom. The number of hydrogen-bond acceptors (Lipinski definition) is 4. The molecule has 2 rings (SSSR count). The molecule has 1 aliphatic heterocycles. The third-order valence-electron chi connectivity index (χ3n) is 2.48. The number of hydrogen-bond donors (Lipinski definition) is 2. The van der Waals surface area contributed by atoms with Crippen LogP contribution in [0.5, 0.6) is 0 Å². The Bertz CT molecular complexity index is 394. The van der Waals surface area contributed by atoms with E-state index in [9.17, 15) is 4.79 Å². The second-order valence-electron chi connectivity index (χ2n) is 3.83. The molecule has 6 heteroatoms. The van der Waals surface area contributed by atoms with Crippen molar-refractivity contribution >= 4 is 27.5 Å². The van der Waals surface area contributed by atoms with Gasteiger partial charge in [0.2, 0.25) is 5.91 Å². The number of pyridine rings is 1. The monoisotopic (exact) mass is 299 g/mol. The van der Waals surface area contributed by atoms with Crippen molar-refractivity contribution in [1.82, 2.24) is 10.3 Å². The van der Waals surface area contributed by atoms with Gasteiger partial charge in [0.05, 0.1) is 23.4 Å². The number of ether oxygens (including phenoxy) is 1. The van der Waals surface area contributed by atoms with E-state index in [1.807, 2.05) is 0 Å². The van der Waals surface area contributed by atoms with Gasteiger partial charge in [-0.25, -0.2) is 0 Å². The summed E-state index contributed by atoms with van der Waals surface area (Å²) in [5.74, 6) is -0.0279. The van der Waals surface area contributed by atoms with E-state index >= 15 is 0 Å². The van der Waals surface area contributed by atoms with Crippen molar-refractivity contribution in [3.8, 4) is 0 Å². The Morgan fingerprint density at radius 3 is 3.29 bits per heavy atom. The minimum absolute atomic E-state index is 0.0279. The summed E-state index contributed by atoms with van der Waals surface area (Å²) in [5.41, 5.74) is 0.738. The van der Waals surface area contributed by atoms with Gasteiger partial charge in [0.15, 0.2) is 0 Å². The predicted octanol–water partition coefficient (Wildman–Crippen LogP) is 1.16. The molecule has 1 atom stereocenters. The fraction of sp³-hybridized carbons (Fsp3) is 0.455. The highest BCUT2D eigenvalue weighted by molar-refractivity contribution is 9.10. The van der Waals surface area contributed by atoms with E-state index in [0.29, 0.717) is 19.6 Å². The van der Waals surface area contributed by atoms with E-state index < -0.39 is 0 Å². The molecule has 1 aliphatic rings. The van der Waals surface area contributed by atoms with Crippen molar-refractivity contribution in [3.63, 3.8) is 0 Å². The summed E-state index contributed by atoms with van der Waals surface area (Å²) < 4.78 is 6.07. The van der Waals surface area contributed by atoms with Crippen LogP contribution >= 0.6 is 15.9 Å². The molecule has 1 aromatic heterocycles. The Labute approximate surface area is 108 Å². The van der Waals surface area contributed by atoms with Gasteiger partial charge in [0, 0.05) is 31.4 Å². The van der Waals surface area contributed by atoms with Gasteiger partial charge < -0.3 is 15.4 Å². The van der Waals surface area contributed by atoms with Gasteiger partial charge in [-0.3, -0.25) is 9.78 Å². The molecular formula is C11H14BrN3O2. The van der Waals surface area contributed by atoms with Crippen molar-refractivity contribution < 1.29 is 9.53 Å². The molecule has 0 aliphatic carbocycles. The van der Waals surface area contributed by atoms with Crippen LogP contribution in [-0.2, 0) is 9.53 Å². The van der Waals surface area contributed by atoms with Gasteiger partial charge >= 0.3 is 0 Å². The van der Waals surface area contributed by atoms with Crippen LogP contribution < -0.4 is 10.6 Å². The number of anilines is 1. The predicted molar refractivity (Wildman–Crippen MR) is 67.8 cm³/mol. The molecule has 17 heavy (non-hydrogen) atoms. The Balaban J connectivity index is 1.86. The van der Waals surface area contributed by atoms with Crippen LogP contribution in [-0.4, -0.2) is 36.7 Å². The molecule has 5 nitrogen and oxygen atoms in total. The van der Waals surface area contributed by atoms with E-state index in [0.717, 1.165) is 16.7 Å². The normalized spacial score (nSPS) is 19.9. The van der Waals surface area contributed by atoms with Crippen molar-refractivity contribution in [2.45, 2.75) is 12.5 Å². The number of halogens is 1. The molecule has 2 N–H and O–H groups in total. The maximum absolute atomic E-state index is 11.8. The summed E-state index contributed by atoms with van der Waals surface area (Å²) in [6.45, 7) is 2.11. The molecule has 0 radical (unpaired) electrons. The van der Waals surface area contributed by atoms with Crippen molar-refractivity contribution in [3.05, 3.63) is 22.9 Å². The number of aromatic nitrogens is 1. The first-order valence-electron chi connectivity index (χ1n) is 5.46. The fourth-order valence-electron chi connectivity index (χ4n) is 1.65. The number of morpholine rings is 1. The number of carbonyl (C=O) groups is 1. The highest BCUT2D eigenvalue weighted by Crippen LogP contribution is 2.20. The molecule has 0 bridgehead atoms. The van der Waals surface area contributed by atoms with E-state index in [1.54, 1.807) is 18.5 Å². The van der Waals surface area contributed by atoms with Crippen LogP contribution in [0.15, 0.2) is 22.9 Å². The molecular weight excluding hydrogens is 286 g/mol. The van der Waals surface area contributed by atoms with Crippen LogP contribution in [0, 0.1) is 0 Å². The molecule has 0 aromatic carbocycles. The van der Waals surface area contributed by atoms with Gasteiger partial charge in [-0.05, 0) is 22.0 Å². The van der Waals surface area contributed by atoms with Crippen LogP contribution in [0.2, 0.25) is 0 Å². The summed E-state index contributed by atoms with van der Waals surface area (Å²) in [6, 6.07) is 1.86. The minimum atomic E-state index is -0.0279. The maximum Gasteiger partial charge on any atom is 0.226 e. The third kappa shape index (κ3) is 3.76. The first-order valence-corrected chi connectivity index (χ1v) is 6.25. The van der Waals surface area contributed by atoms with Crippen LogP contribution in [0.4, 0.5) is 5.69 Å². The van der Waals surface area contributed by atoms with Crippen LogP contribution in [0.25, 0.3) is 0 Å². The third-order valence-corrected chi connectivity index (χ3v) is 3.11. The van der Waals surface area contributed by atoms with Crippen molar-refractivity contribution in [1.29, 1.82) is 0 Å². The van der Waals surface area contributed by atoms with Crippen LogP contribution in [0.3, 0.4) is 0 Å². The largest absolute Gasteiger partial charge is 0.378 e. The lowest BCUT2D eigenvalue weighted by molar-refractivity contribution is -0.117. The molecule has 1 fully saturated rings. The highest BCUT2D eigenvalue weighted by Gasteiger charge is 2.17. The molecule has 1 unspecified atom stereocenters. The zero-order chi connectivity index (χ0) is 12.1. The molecule has 92 valence electrons. The quantitative estimate of drug-likeness (QED) is 0.879. The molecule has 1 aromatic rings. The topological polar surface area (TPSA) is 63.2 Å².